The van der Waals surface area contributed by atoms with Gasteiger partial charge in [-0.25, -0.2) is 4.98 Å². The zero-order valence-corrected chi connectivity index (χ0v) is 14.8. The third-order valence-corrected chi connectivity index (χ3v) is 4.90. The van der Waals surface area contributed by atoms with E-state index in [1.54, 1.807) is 29.5 Å². The van der Waals surface area contributed by atoms with Crippen LogP contribution in [0.4, 0.5) is 0 Å². The normalized spacial score (nSPS) is 11.6. The van der Waals surface area contributed by atoms with Crippen LogP contribution in [0.2, 0.25) is 5.02 Å². The Balaban J connectivity index is 1.81. The van der Waals surface area contributed by atoms with Crippen molar-refractivity contribution in [1.82, 2.24) is 9.38 Å². The third-order valence-electron chi connectivity index (χ3n) is 3.75. The van der Waals surface area contributed by atoms with Crippen LogP contribution in [0.5, 0.6) is 0 Å². The number of fused-ring (bicyclic) bond motifs is 1. The molecule has 3 heterocycles. The third kappa shape index (κ3) is 3.04. The number of benzene rings is 1. The van der Waals surface area contributed by atoms with Gasteiger partial charge in [0.2, 0.25) is 5.78 Å². The van der Waals surface area contributed by atoms with Crippen LogP contribution in [0.3, 0.4) is 0 Å². The molecule has 124 valence electrons. The molecule has 3 aromatic heterocycles. The summed E-state index contributed by atoms with van der Waals surface area (Å²) in [6, 6.07) is 10.8. The van der Waals surface area contributed by atoms with Gasteiger partial charge in [0.25, 0.3) is 0 Å². The molecule has 0 radical (unpaired) electrons. The standard InChI is InChI=1S/C19H13ClN2O2S/c1-12-11-22-15(8-9-16(23)17-3-2-10-24-17)18(21-19(22)25-12)13-4-6-14(20)7-5-13/h2-11H,1H3. The second-order valence-corrected chi connectivity index (χ2v) is 7.17. The van der Waals surface area contributed by atoms with Gasteiger partial charge in [0, 0.05) is 21.7 Å². The first kappa shape index (κ1) is 15.9. The minimum atomic E-state index is -0.186. The number of ketones is 1. The molecule has 0 spiro atoms. The second-order valence-electron chi connectivity index (χ2n) is 5.52. The molecule has 0 amide bonds. The first-order chi connectivity index (χ1) is 12.1. The number of hydrogen-bond donors (Lipinski definition) is 0. The molecule has 25 heavy (non-hydrogen) atoms. The lowest BCUT2D eigenvalue weighted by Crippen LogP contribution is -1.92. The average molecular weight is 369 g/mol. The van der Waals surface area contributed by atoms with Crippen LogP contribution in [0.1, 0.15) is 21.1 Å². The first-order valence-electron chi connectivity index (χ1n) is 7.62. The summed E-state index contributed by atoms with van der Waals surface area (Å²) in [7, 11) is 0. The maximum atomic E-state index is 12.2. The van der Waals surface area contributed by atoms with E-state index in [0.717, 1.165) is 26.8 Å². The summed E-state index contributed by atoms with van der Waals surface area (Å²) in [6.45, 7) is 2.03. The average Bonchev–Trinajstić information content (AvgIpc) is 3.30. The Morgan fingerprint density at radius 2 is 2.08 bits per heavy atom. The lowest BCUT2D eigenvalue weighted by atomic mass is 10.1. The fourth-order valence-corrected chi connectivity index (χ4v) is 3.57. The highest BCUT2D eigenvalue weighted by Crippen LogP contribution is 2.30. The molecule has 0 bridgehead atoms. The number of rotatable bonds is 4. The highest BCUT2D eigenvalue weighted by atomic mass is 35.5. The molecule has 0 aliphatic carbocycles. The van der Waals surface area contributed by atoms with Gasteiger partial charge in [-0.3, -0.25) is 9.20 Å². The van der Waals surface area contributed by atoms with Crippen molar-refractivity contribution >= 4 is 39.8 Å². The Morgan fingerprint density at radius 3 is 2.80 bits per heavy atom. The predicted octanol–water partition coefficient (Wildman–Crippen LogP) is 5.51. The maximum absolute atomic E-state index is 12.2. The van der Waals surface area contributed by atoms with Crippen LogP contribution in [-0.4, -0.2) is 15.2 Å². The molecule has 0 saturated carbocycles. The van der Waals surface area contributed by atoms with Gasteiger partial charge in [0.05, 0.1) is 17.7 Å². The maximum Gasteiger partial charge on any atom is 0.221 e. The van der Waals surface area contributed by atoms with E-state index in [9.17, 15) is 4.79 Å². The molecule has 0 N–H and O–H groups in total. The first-order valence-corrected chi connectivity index (χ1v) is 8.81. The Morgan fingerprint density at radius 1 is 1.28 bits per heavy atom. The number of carbonyl (C=O) groups is 1. The number of aryl methyl sites for hydroxylation is 1. The number of hydrogen-bond acceptors (Lipinski definition) is 4. The van der Waals surface area contributed by atoms with Crippen molar-refractivity contribution in [2.24, 2.45) is 0 Å². The van der Waals surface area contributed by atoms with Crippen LogP contribution >= 0.6 is 22.9 Å². The number of thiazole rings is 1. The number of nitrogens with zero attached hydrogens (tertiary/aromatic N) is 2. The quantitative estimate of drug-likeness (QED) is 0.352. The number of carbonyl (C=O) groups excluding carboxylic acids is 1. The lowest BCUT2D eigenvalue weighted by Gasteiger charge is -2.00. The van der Waals surface area contributed by atoms with Crippen molar-refractivity contribution in [1.29, 1.82) is 0 Å². The van der Waals surface area contributed by atoms with Gasteiger partial charge in [-0.1, -0.05) is 23.7 Å². The second kappa shape index (κ2) is 6.35. The van der Waals surface area contributed by atoms with E-state index < -0.39 is 0 Å². The van der Waals surface area contributed by atoms with Crippen LogP contribution in [-0.2, 0) is 0 Å². The molecule has 4 nitrogen and oxygen atoms in total. The molecule has 1 aromatic carbocycles. The van der Waals surface area contributed by atoms with Crippen molar-refractivity contribution in [2.75, 3.05) is 0 Å². The molecule has 0 unspecified atom stereocenters. The van der Waals surface area contributed by atoms with Crippen LogP contribution < -0.4 is 0 Å². The summed E-state index contributed by atoms with van der Waals surface area (Å²) < 4.78 is 7.14. The molecule has 0 saturated heterocycles. The molecule has 6 heteroatoms. The Bertz CT molecular complexity index is 1070. The van der Waals surface area contributed by atoms with E-state index in [1.807, 2.05) is 41.8 Å². The lowest BCUT2D eigenvalue weighted by molar-refractivity contribution is 0.102. The van der Waals surface area contributed by atoms with Crippen molar-refractivity contribution in [3.8, 4) is 11.3 Å². The number of halogens is 1. The minimum Gasteiger partial charge on any atom is -0.461 e. The van der Waals surface area contributed by atoms with Gasteiger partial charge in [-0.2, -0.15) is 0 Å². The minimum absolute atomic E-state index is 0.186. The SMILES string of the molecule is Cc1cn2c(C=CC(=O)c3ccco3)c(-c3ccc(Cl)cc3)nc2s1. The highest BCUT2D eigenvalue weighted by Gasteiger charge is 2.15. The van der Waals surface area contributed by atoms with Crippen LogP contribution in [0.25, 0.3) is 22.3 Å². The largest absolute Gasteiger partial charge is 0.461 e. The van der Waals surface area contributed by atoms with E-state index in [-0.39, 0.29) is 5.78 Å². The van der Waals surface area contributed by atoms with Gasteiger partial charge >= 0.3 is 0 Å². The van der Waals surface area contributed by atoms with Gasteiger partial charge < -0.3 is 4.42 Å². The van der Waals surface area contributed by atoms with Crippen molar-refractivity contribution in [3.63, 3.8) is 0 Å². The number of imidazole rings is 1. The monoisotopic (exact) mass is 368 g/mol. The Hall–Kier alpha value is -2.63. The van der Waals surface area contributed by atoms with Gasteiger partial charge in [-0.05, 0) is 43.3 Å². The highest BCUT2D eigenvalue weighted by molar-refractivity contribution is 7.17. The number of allylic oxidation sites excluding steroid dienone is 1. The summed E-state index contributed by atoms with van der Waals surface area (Å²) in [4.78, 5) is 19.0. The number of furan rings is 1. The van der Waals surface area contributed by atoms with E-state index in [2.05, 4.69) is 0 Å². The van der Waals surface area contributed by atoms with Crippen LogP contribution in [0.15, 0.2) is 59.4 Å². The fraction of sp³-hybridized carbons (Fsp3) is 0.0526. The summed E-state index contributed by atoms with van der Waals surface area (Å²) in [5, 5.41) is 0.672. The van der Waals surface area contributed by atoms with Crippen LogP contribution in [0, 0.1) is 6.92 Å². The molecule has 0 aliphatic rings. The molecular weight excluding hydrogens is 356 g/mol. The van der Waals surface area contributed by atoms with Crippen molar-refractivity contribution < 1.29 is 9.21 Å². The van der Waals surface area contributed by atoms with Crippen molar-refractivity contribution in [3.05, 3.63) is 76.3 Å². The van der Waals surface area contributed by atoms with Crippen molar-refractivity contribution in [2.45, 2.75) is 6.92 Å². The zero-order chi connectivity index (χ0) is 17.4. The summed E-state index contributed by atoms with van der Waals surface area (Å²) in [5.41, 5.74) is 2.61. The summed E-state index contributed by atoms with van der Waals surface area (Å²) in [5.74, 6) is 0.125. The number of aromatic nitrogens is 2. The zero-order valence-electron chi connectivity index (χ0n) is 13.3. The van der Waals surface area contributed by atoms with E-state index in [1.165, 1.54) is 12.3 Å². The van der Waals surface area contributed by atoms with E-state index >= 15 is 0 Å². The molecule has 0 fully saturated rings. The van der Waals surface area contributed by atoms with E-state index in [4.69, 9.17) is 21.0 Å². The Labute approximate surface area is 153 Å². The molecular formula is C19H13ClN2O2S. The topological polar surface area (TPSA) is 47.5 Å². The summed E-state index contributed by atoms with van der Waals surface area (Å²) >= 11 is 7.59. The predicted molar refractivity (Wildman–Crippen MR) is 100 cm³/mol. The molecule has 0 aliphatic heterocycles. The summed E-state index contributed by atoms with van der Waals surface area (Å²) in [6.07, 6.45) is 6.79. The molecule has 4 rings (SSSR count). The smallest absolute Gasteiger partial charge is 0.221 e. The van der Waals surface area contributed by atoms with Gasteiger partial charge in [0.1, 0.15) is 0 Å². The van der Waals surface area contributed by atoms with Gasteiger partial charge in [-0.15, -0.1) is 11.3 Å². The van der Waals surface area contributed by atoms with Gasteiger partial charge in [0.15, 0.2) is 10.7 Å². The molecule has 0 atom stereocenters. The van der Waals surface area contributed by atoms with E-state index in [0.29, 0.717) is 10.8 Å². The fourth-order valence-electron chi connectivity index (χ4n) is 2.61. The Kier molecular flexibility index (Phi) is 4.03. The molecule has 4 aromatic rings.